The van der Waals surface area contributed by atoms with Crippen molar-refractivity contribution >= 4 is 11.5 Å². The van der Waals surface area contributed by atoms with Crippen molar-refractivity contribution in [1.29, 1.82) is 0 Å². The molecule has 0 aromatic carbocycles. The van der Waals surface area contributed by atoms with Crippen LogP contribution in [-0.4, -0.2) is 24.5 Å². The Morgan fingerprint density at radius 2 is 2.04 bits per heavy atom. The van der Waals surface area contributed by atoms with Crippen LogP contribution < -0.4 is 10.1 Å². The molecule has 5 rings (SSSR count). The number of carbonyl (C=O) groups excluding carboxylic acids is 1. The summed E-state index contributed by atoms with van der Waals surface area (Å²) in [5.74, 6) is 3.87. The molecule has 0 spiro atoms. The number of aromatic nitrogens is 1. The number of hydrogen-bond donors (Lipinski definition) is 1. The summed E-state index contributed by atoms with van der Waals surface area (Å²) in [6, 6.07) is 2.14. The summed E-state index contributed by atoms with van der Waals surface area (Å²) in [7, 11) is 1.71. The van der Waals surface area contributed by atoms with Crippen LogP contribution in [0, 0.1) is 34.5 Å². The number of pyridine rings is 1. The van der Waals surface area contributed by atoms with E-state index in [-0.39, 0.29) is 16.7 Å². The number of methoxy groups -OCH3 is 1. The van der Waals surface area contributed by atoms with E-state index in [0.717, 1.165) is 31.1 Å². The number of carbonyl (C=O) groups is 1. The van der Waals surface area contributed by atoms with Crippen LogP contribution in [0.5, 0.6) is 5.75 Å². The molecule has 3 fully saturated rings. The van der Waals surface area contributed by atoms with Crippen molar-refractivity contribution in [3.8, 4) is 5.75 Å². The fourth-order valence-corrected chi connectivity index (χ4v) is 7.48. The Bertz CT molecular complexity index is 834. The minimum Gasteiger partial charge on any atom is -0.495 e. The highest BCUT2D eigenvalue weighted by Gasteiger charge is 2.59. The first-order valence-corrected chi connectivity index (χ1v) is 10.9. The molecule has 0 bridgehead atoms. The average molecular weight is 381 g/mol. The Morgan fingerprint density at radius 1 is 1.18 bits per heavy atom. The van der Waals surface area contributed by atoms with Crippen LogP contribution in [0.2, 0.25) is 0 Å². The number of piperidine rings is 1. The van der Waals surface area contributed by atoms with Crippen LogP contribution in [0.4, 0.5) is 0 Å². The van der Waals surface area contributed by atoms with Crippen molar-refractivity contribution in [3.63, 3.8) is 0 Å². The fourth-order valence-electron chi connectivity index (χ4n) is 7.48. The first-order chi connectivity index (χ1) is 13.5. The first-order valence-electron chi connectivity index (χ1n) is 10.9. The molecule has 4 aliphatic rings. The van der Waals surface area contributed by atoms with Crippen LogP contribution in [0.1, 0.15) is 57.9 Å². The Balaban J connectivity index is 1.45. The lowest BCUT2D eigenvalue weighted by Crippen LogP contribution is -2.57. The van der Waals surface area contributed by atoms with Crippen LogP contribution in [-0.2, 0) is 4.79 Å². The summed E-state index contributed by atoms with van der Waals surface area (Å²) in [6.07, 6.45) is 13.2. The van der Waals surface area contributed by atoms with E-state index in [1.807, 2.05) is 6.20 Å². The maximum atomic E-state index is 12.2. The molecule has 1 N–H and O–H groups in total. The van der Waals surface area contributed by atoms with Gasteiger partial charge in [-0.2, -0.15) is 0 Å². The molecule has 0 unspecified atom stereocenters. The number of rotatable bonds is 2. The second-order valence-electron chi connectivity index (χ2n) is 10.1. The number of ether oxygens (including phenoxy) is 1. The molecule has 3 aliphatic carbocycles. The third-order valence-corrected chi connectivity index (χ3v) is 8.99. The minimum absolute atomic E-state index is 0.187. The standard InChI is InChI=1S/C24H32N2O2/c1-23-9-8-21-18(5-4-16-13-26-22(27)11-24(16,21)2)20(23)7-6-19(23)15-10-17(28-3)14-25-12-15/h6,10,12,14,16,18,20-21H,4-5,7-9,11,13H2,1-3H3,(H,26,27)/t16-,18-,20-,21-,23+,24-/m0/s1. The van der Waals surface area contributed by atoms with Crippen LogP contribution in [0.15, 0.2) is 24.5 Å². The van der Waals surface area contributed by atoms with E-state index in [1.165, 1.54) is 36.8 Å². The molecule has 4 heteroatoms. The fraction of sp³-hybridized carbons (Fsp3) is 0.667. The molecule has 2 heterocycles. The number of nitrogens with one attached hydrogen (secondary N) is 1. The van der Waals surface area contributed by atoms with E-state index >= 15 is 0 Å². The topological polar surface area (TPSA) is 51.2 Å². The molecule has 2 saturated carbocycles. The van der Waals surface area contributed by atoms with E-state index < -0.39 is 0 Å². The molecule has 4 nitrogen and oxygen atoms in total. The highest BCUT2D eigenvalue weighted by molar-refractivity contribution is 5.78. The number of amides is 1. The van der Waals surface area contributed by atoms with Gasteiger partial charge in [0.25, 0.3) is 0 Å². The van der Waals surface area contributed by atoms with Crippen molar-refractivity contribution in [3.05, 3.63) is 30.1 Å². The van der Waals surface area contributed by atoms with Gasteiger partial charge in [0.2, 0.25) is 5.91 Å². The summed E-state index contributed by atoms with van der Waals surface area (Å²) in [5.41, 5.74) is 3.10. The van der Waals surface area contributed by atoms with Gasteiger partial charge in [-0.05, 0) is 83.8 Å². The quantitative estimate of drug-likeness (QED) is 0.824. The van der Waals surface area contributed by atoms with Crippen molar-refractivity contribution in [2.24, 2.45) is 34.5 Å². The molecule has 1 aromatic rings. The first kappa shape index (κ1) is 18.2. The third-order valence-electron chi connectivity index (χ3n) is 8.99. The van der Waals surface area contributed by atoms with E-state index in [1.54, 1.807) is 13.3 Å². The molecule has 150 valence electrons. The summed E-state index contributed by atoms with van der Waals surface area (Å²) < 4.78 is 5.42. The zero-order chi connectivity index (χ0) is 19.5. The van der Waals surface area contributed by atoms with Crippen LogP contribution >= 0.6 is 0 Å². The zero-order valence-corrected chi connectivity index (χ0v) is 17.3. The van der Waals surface area contributed by atoms with Gasteiger partial charge in [0.05, 0.1) is 13.3 Å². The zero-order valence-electron chi connectivity index (χ0n) is 17.3. The highest BCUT2D eigenvalue weighted by atomic mass is 16.5. The van der Waals surface area contributed by atoms with Gasteiger partial charge in [-0.3, -0.25) is 9.78 Å². The number of allylic oxidation sites excluding steroid dienone is 2. The van der Waals surface area contributed by atoms with Gasteiger partial charge in [0.1, 0.15) is 5.75 Å². The van der Waals surface area contributed by atoms with Gasteiger partial charge in [-0.15, -0.1) is 0 Å². The molecule has 0 radical (unpaired) electrons. The average Bonchev–Trinajstić information content (AvgIpc) is 3.04. The summed E-state index contributed by atoms with van der Waals surface area (Å²) in [6.45, 7) is 5.79. The molecule has 1 amide bonds. The molecule has 1 aliphatic heterocycles. The monoisotopic (exact) mass is 380 g/mol. The van der Waals surface area contributed by atoms with Gasteiger partial charge < -0.3 is 10.1 Å². The maximum Gasteiger partial charge on any atom is 0.220 e. The number of hydrogen-bond acceptors (Lipinski definition) is 3. The summed E-state index contributed by atoms with van der Waals surface area (Å²) >= 11 is 0. The second kappa shape index (κ2) is 6.33. The Kier molecular flexibility index (Phi) is 4.12. The lowest BCUT2D eigenvalue weighted by atomic mass is 9.46. The normalized spacial score (nSPS) is 42.0. The Hall–Kier alpha value is -1.84. The number of nitrogens with zero attached hydrogens (tertiary/aromatic N) is 1. The lowest BCUT2D eigenvalue weighted by Gasteiger charge is -2.59. The van der Waals surface area contributed by atoms with Gasteiger partial charge in [-0.1, -0.05) is 19.9 Å². The van der Waals surface area contributed by atoms with Crippen molar-refractivity contribution in [2.45, 2.75) is 52.4 Å². The minimum atomic E-state index is 0.187. The van der Waals surface area contributed by atoms with Crippen LogP contribution in [0.25, 0.3) is 5.57 Å². The van der Waals surface area contributed by atoms with Gasteiger partial charge in [0, 0.05) is 19.2 Å². The second-order valence-corrected chi connectivity index (χ2v) is 10.1. The van der Waals surface area contributed by atoms with E-state index in [0.29, 0.717) is 17.8 Å². The van der Waals surface area contributed by atoms with E-state index in [2.05, 4.69) is 36.3 Å². The van der Waals surface area contributed by atoms with Crippen molar-refractivity contribution < 1.29 is 9.53 Å². The Morgan fingerprint density at radius 3 is 2.86 bits per heavy atom. The third kappa shape index (κ3) is 2.49. The van der Waals surface area contributed by atoms with Crippen molar-refractivity contribution in [2.75, 3.05) is 13.7 Å². The van der Waals surface area contributed by atoms with Crippen molar-refractivity contribution in [1.82, 2.24) is 10.3 Å². The molecule has 28 heavy (non-hydrogen) atoms. The van der Waals surface area contributed by atoms with Gasteiger partial charge in [0.15, 0.2) is 0 Å². The summed E-state index contributed by atoms with van der Waals surface area (Å²) in [4.78, 5) is 16.7. The SMILES string of the molecule is COc1cncc(C2=CC[C@H]3[C@@H]4CC[C@H]5CNC(=O)C[C@]5(C)[C@H]4CC[C@]23C)c1. The Labute approximate surface area is 168 Å². The summed E-state index contributed by atoms with van der Waals surface area (Å²) in [5, 5.41) is 3.13. The molecule has 1 saturated heterocycles. The van der Waals surface area contributed by atoms with E-state index in [4.69, 9.17) is 4.74 Å². The predicted molar refractivity (Wildman–Crippen MR) is 110 cm³/mol. The molecular weight excluding hydrogens is 348 g/mol. The van der Waals surface area contributed by atoms with Gasteiger partial charge >= 0.3 is 0 Å². The number of fused-ring (bicyclic) bond motifs is 5. The smallest absolute Gasteiger partial charge is 0.220 e. The largest absolute Gasteiger partial charge is 0.495 e. The molecular formula is C24H32N2O2. The van der Waals surface area contributed by atoms with Gasteiger partial charge in [-0.25, -0.2) is 0 Å². The highest BCUT2D eigenvalue weighted by Crippen LogP contribution is 2.66. The van der Waals surface area contributed by atoms with Crippen LogP contribution in [0.3, 0.4) is 0 Å². The van der Waals surface area contributed by atoms with E-state index in [9.17, 15) is 4.79 Å². The predicted octanol–water partition coefficient (Wildman–Crippen LogP) is 4.46. The lowest BCUT2D eigenvalue weighted by molar-refractivity contribution is -0.139. The maximum absolute atomic E-state index is 12.2. The molecule has 1 aromatic heterocycles. The molecule has 6 atom stereocenters.